The van der Waals surface area contributed by atoms with Gasteiger partial charge in [-0.25, -0.2) is 4.79 Å². The predicted molar refractivity (Wildman–Crippen MR) is 72.0 cm³/mol. The summed E-state index contributed by atoms with van der Waals surface area (Å²) < 4.78 is 4.64. The second-order valence-corrected chi connectivity index (χ2v) is 4.78. The zero-order valence-corrected chi connectivity index (χ0v) is 11.6. The summed E-state index contributed by atoms with van der Waals surface area (Å²) in [7, 11) is 1.32. The van der Waals surface area contributed by atoms with Crippen molar-refractivity contribution >= 4 is 28.9 Å². The van der Waals surface area contributed by atoms with Gasteiger partial charge in [0.15, 0.2) is 0 Å². The Bertz CT molecular complexity index is 417. The van der Waals surface area contributed by atoms with E-state index in [1.807, 2.05) is 13.8 Å². The highest BCUT2D eigenvalue weighted by Gasteiger charge is 2.16. The normalized spacial score (nSPS) is 11.9. The molecule has 0 bridgehead atoms. The molecule has 5 nitrogen and oxygen atoms in total. The van der Waals surface area contributed by atoms with Gasteiger partial charge in [0.1, 0.15) is 4.88 Å². The van der Waals surface area contributed by atoms with Crippen LogP contribution in [0.3, 0.4) is 0 Å². The lowest BCUT2D eigenvalue weighted by atomic mass is 10.2. The van der Waals surface area contributed by atoms with Crippen molar-refractivity contribution < 1.29 is 14.3 Å². The van der Waals surface area contributed by atoms with Crippen molar-refractivity contribution in [3.05, 3.63) is 16.3 Å². The maximum atomic E-state index is 11.8. The molecule has 0 aliphatic carbocycles. The van der Waals surface area contributed by atoms with Gasteiger partial charge in [0.2, 0.25) is 5.91 Å². The Morgan fingerprint density at radius 2 is 2.22 bits per heavy atom. The largest absolute Gasteiger partial charge is 0.465 e. The molecule has 0 radical (unpaired) electrons. The van der Waals surface area contributed by atoms with Gasteiger partial charge in [-0.05, 0) is 24.9 Å². The number of nitrogens with one attached hydrogen (secondary N) is 2. The van der Waals surface area contributed by atoms with E-state index in [-0.39, 0.29) is 11.9 Å². The molecule has 1 aromatic rings. The van der Waals surface area contributed by atoms with E-state index in [9.17, 15) is 9.59 Å². The number of hydrogen-bond acceptors (Lipinski definition) is 5. The molecule has 1 amide bonds. The van der Waals surface area contributed by atoms with Crippen LogP contribution in [-0.2, 0) is 9.53 Å². The average Bonchev–Trinajstić information content (AvgIpc) is 2.76. The third-order valence-electron chi connectivity index (χ3n) is 2.35. The summed E-state index contributed by atoms with van der Waals surface area (Å²) in [6.45, 7) is 4.75. The van der Waals surface area contributed by atoms with Crippen LogP contribution in [-0.4, -0.2) is 31.6 Å². The average molecular weight is 270 g/mol. The number of esters is 1. The van der Waals surface area contributed by atoms with E-state index in [1.165, 1.54) is 18.4 Å². The zero-order chi connectivity index (χ0) is 13.5. The molecule has 1 unspecified atom stereocenters. The van der Waals surface area contributed by atoms with E-state index < -0.39 is 5.97 Å². The first-order valence-electron chi connectivity index (χ1n) is 5.77. The molecule has 18 heavy (non-hydrogen) atoms. The predicted octanol–water partition coefficient (Wildman–Crippen LogP) is 1.86. The maximum absolute atomic E-state index is 11.8. The summed E-state index contributed by atoms with van der Waals surface area (Å²) in [5, 5.41) is 7.63. The van der Waals surface area contributed by atoms with Crippen LogP contribution < -0.4 is 10.6 Å². The fourth-order valence-corrected chi connectivity index (χ4v) is 2.32. The molecule has 0 spiro atoms. The Balaban J connectivity index is 2.59. The van der Waals surface area contributed by atoms with E-state index in [2.05, 4.69) is 15.4 Å². The van der Waals surface area contributed by atoms with Crippen molar-refractivity contribution in [3.8, 4) is 0 Å². The Hall–Kier alpha value is -1.40. The van der Waals surface area contributed by atoms with Crippen LogP contribution in [0.1, 0.15) is 29.9 Å². The summed E-state index contributed by atoms with van der Waals surface area (Å²) in [6.07, 6.45) is 0.365. The lowest BCUT2D eigenvalue weighted by molar-refractivity contribution is -0.116. The van der Waals surface area contributed by atoms with Gasteiger partial charge >= 0.3 is 5.97 Å². The van der Waals surface area contributed by atoms with Gasteiger partial charge in [0, 0.05) is 12.5 Å². The van der Waals surface area contributed by atoms with Crippen molar-refractivity contribution in [2.24, 2.45) is 0 Å². The fourth-order valence-electron chi connectivity index (χ4n) is 1.56. The first kappa shape index (κ1) is 14.7. The highest BCUT2D eigenvalue weighted by molar-refractivity contribution is 7.12. The van der Waals surface area contributed by atoms with Crippen molar-refractivity contribution in [2.45, 2.75) is 26.3 Å². The van der Waals surface area contributed by atoms with Gasteiger partial charge in [0.25, 0.3) is 0 Å². The highest BCUT2D eigenvalue weighted by Crippen LogP contribution is 2.23. The van der Waals surface area contributed by atoms with Crippen LogP contribution in [0.15, 0.2) is 11.4 Å². The van der Waals surface area contributed by atoms with Crippen LogP contribution in [0.2, 0.25) is 0 Å². The van der Waals surface area contributed by atoms with Crippen molar-refractivity contribution in [1.29, 1.82) is 0 Å². The molecule has 1 atom stereocenters. The van der Waals surface area contributed by atoms with E-state index >= 15 is 0 Å². The van der Waals surface area contributed by atoms with Gasteiger partial charge in [-0.2, -0.15) is 0 Å². The molecule has 0 aliphatic rings. The first-order valence-corrected chi connectivity index (χ1v) is 6.65. The summed E-state index contributed by atoms with van der Waals surface area (Å²) in [5.74, 6) is -0.549. The van der Waals surface area contributed by atoms with Gasteiger partial charge in [-0.15, -0.1) is 11.3 Å². The minimum atomic E-state index is -0.431. The van der Waals surface area contributed by atoms with Crippen LogP contribution in [0.25, 0.3) is 0 Å². The van der Waals surface area contributed by atoms with Gasteiger partial charge in [0.05, 0.1) is 12.8 Å². The quantitative estimate of drug-likeness (QED) is 0.774. The minimum absolute atomic E-state index is 0.107. The van der Waals surface area contributed by atoms with Crippen LogP contribution in [0, 0.1) is 0 Å². The molecule has 1 rings (SSSR count). The minimum Gasteiger partial charge on any atom is -0.465 e. The molecule has 0 aromatic carbocycles. The Kier molecular flexibility index (Phi) is 5.80. The van der Waals surface area contributed by atoms with E-state index in [0.29, 0.717) is 17.0 Å². The molecule has 0 aliphatic heterocycles. The number of rotatable bonds is 6. The molecular formula is C12H18N2O3S. The maximum Gasteiger partial charge on any atom is 0.350 e. The molecule has 0 saturated heterocycles. The Morgan fingerprint density at radius 3 is 2.83 bits per heavy atom. The summed E-state index contributed by atoms with van der Waals surface area (Å²) in [6, 6.07) is 1.81. The second kappa shape index (κ2) is 7.13. The van der Waals surface area contributed by atoms with Gasteiger partial charge in [-0.1, -0.05) is 6.92 Å². The number of anilines is 1. The molecule has 0 fully saturated rings. The molecule has 1 aromatic heterocycles. The van der Waals surface area contributed by atoms with Crippen LogP contribution >= 0.6 is 11.3 Å². The monoisotopic (exact) mass is 270 g/mol. The molecule has 6 heteroatoms. The summed E-state index contributed by atoms with van der Waals surface area (Å²) in [5.41, 5.74) is 0.514. The van der Waals surface area contributed by atoms with Crippen molar-refractivity contribution in [1.82, 2.24) is 5.32 Å². The van der Waals surface area contributed by atoms with Gasteiger partial charge < -0.3 is 15.4 Å². The topological polar surface area (TPSA) is 67.4 Å². The molecule has 0 saturated carbocycles. The zero-order valence-electron chi connectivity index (χ0n) is 10.8. The Labute approximate surface area is 111 Å². The fraction of sp³-hybridized carbons (Fsp3) is 0.500. The van der Waals surface area contributed by atoms with E-state index in [1.54, 1.807) is 11.4 Å². The Morgan fingerprint density at radius 1 is 1.50 bits per heavy atom. The van der Waals surface area contributed by atoms with Crippen molar-refractivity contribution in [2.75, 3.05) is 19.0 Å². The van der Waals surface area contributed by atoms with Gasteiger partial charge in [-0.3, -0.25) is 4.79 Å². The smallest absolute Gasteiger partial charge is 0.350 e. The highest BCUT2D eigenvalue weighted by atomic mass is 32.1. The number of carbonyl (C=O) groups is 2. The molecule has 100 valence electrons. The van der Waals surface area contributed by atoms with E-state index in [4.69, 9.17) is 0 Å². The summed E-state index contributed by atoms with van der Waals surface area (Å²) >= 11 is 1.25. The second-order valence-electron chi connectivity index (χ2n) is 3.87. The SMILES string of the molecule is CCNC(C)CC(=O)Nc1ccsc1C(=O)OC. The number of carbonyl (C=O) groups excluding carboxylic acids is 2. The lowest BCUT2D eigenvalue weighted by Gasteiger charge is -2.12. The third-order valence-corrected chi connectivity index (χ3v) is 3.25. The number of methoxy groups -OCH3 is 1. The van der Waals surface area contributed by atoms with Crippen LogP contribution in [0.4, 0.5) is 5.69 Å². The molecular weight excluding hydrogens is 252 g/mol. The number of thiophene rings is 1. The number of hydrogen-bond donors (Lipinski definition) is 2. The number of ether oxygens (including phenoxy) is 1. The number of amides is 1. The van der Waals surface area contributed by atoms with E-state index in [0.717, 1.165) is 6.54 Å². The first-order chi connectivity index (χ1) is 8.58. The third kappa shape index (κ3) is 4.12. The van der Waals surface area contributed by atoms with Crippen molar-refractivity contribution in [3.63, 3.8) is 0 Å². The van der Waals surface area contributed by atoms with Crippen LogP contribution in [0.5, 0.6) is 0 Å². The molecule has 1 heterocycles. The molecule has 2 N–H and O–H groups in total. The summed E-state index contributed by atoms with van der Waals surface area (Å²) in [4.78, 5) is 23.6. The standard InChI is InChI=1S/C12H18N2O3S/c1-4-13-8(2)7-10(15)14-9-5-6-18-11(9)12(16)17-3/h5-6,8,13H,4,7H2,1-3H3,(H,14,15). The lowest BCUT2D eigenvalue weighted by Crippen LogP contribution is -2.30.